The number of amides is 1. The smallest absolute Gasteiger partial charge is 0.410 e. The number of piperidine rings is 1. The first-order chi connectivity index (χ1) is 7.87. The van der Waals surface area contributed by atoms with Gasteiger partial charge in [0.15, 0.2) is 0 Å². The van der Waals surface area contributed by atoms with Crippen LogP contribution in [0.1, 0.15) is 46.5 Å². The fraction of sp³-hybridized carbons (Fsp3) is 0.923. The molecule has 2 rings (SSSR count). The minimum atomic E-state index is -0.465. The molecule has 2 fully saturated rings. The summed E-state index contributed by atoms with van der Waals surface area (Å²) in [4.78, 5) is 13.8. The summed E-state index contributed by atoms with van der Waals surface area (Å²) in [7, 11) is 0. The van der Waals surface area contributed by atoms with Crippen molar-refractivity contribution in [3.63, 3.8) is 0 Å². The Kier molecular flexibility index (Phi) is 3.34. The number of rotatable bonds is 0. The fourth-order valence-corrected chi connectivity index (χ4v) is 2.85. The molecule has 0 aromatic carbocycles. The number of fused-ring (bicyclic) bond motifs is 2. The van der Waals surface area contributed by atoms with Crippen LogP contribution in [0.2, 0.25) is 0 Å². The second kappa shape index (κ2) is 4.48. The Morgan fingerprint density at radius 3 is 2.65 bits per heavy atom. The topological polar surface area (TPSA) is 49.8 Å². The van der Waals surface area contributed by atoms with E-state index in [1.54, 1.807) is 4.90 Å². The van der Waals surface area contributed by atoms with E-state index in [1.807, 2.05) is 20.8 Å². The van der Waals surface area contributed by atoms with Crippen LogP contribution >= 0.6 is 0 Å². The predicted molar refractivity (Wildman–Crippen MR) is 64.7 cm³/mol. The van der Waals surface area contributed by atoms with Gasteiger partial charge in [-0.2, -0.15) is 0 Å². The van der Waals surface area contributed by atoms with Gasteiger partial charge in [0.25, 0.3) is 0 Å². The minimum absolute atomic E-state index is 0.0302. The van der Waals surface area contributed by atoms with E-state index in [0.29, 0.717) is 5.92 Å². The Morgan fingerprint density at radius 2 is 2.00 bits per heavy atom. The van der Waals surface area contributed by atoms with Crippen LogP contribution < -0.4 is 0 Å². The molecule has 1 aliphatic heterocycles. The Bertz CT molecular complexity index is 298. The molecule has 2 aliphatic rings. The molecule has 4 nitrogen and oxygen atoms in total. The normalized spacial score (nSPS) is 33.4. The van der Waals surface area contributed by atoms with Crippen LogP contribution in [0.4, 0.5) is 4.79 Å². The van der Waals surface area contributed by atoms with Gasteiger partial charge in [0.2, 0.25) is 0 Å². The SMILES string of the molecule is CC(C)(C)OC(=O)N1CC[C@H]2CC[C@@H](O)[C@H]1C2. The number of carbonyl (C=O) groups excluding carboxylic acids is 1. The van der Waals surface area contributed by atoms with E-state index in [9.17, 15) is 9.90 Å². The second-order valence-electron chi connectivity index (χ2n) is 6.28. The lowest BCUT2D eigenvalue weighted by atomic mass is 9.78. The van der Waals surface area contributed by atoms with Crippen LogP contribution in [0.15, 0.2) is 0 Å². The zero-order valence-electron chi connectivity index (χ0n) is 11.0. The molecular weight excluding hydrogens is 218 g/mol. The number of carbonyl (C=O) groups is 1. The van der Waals surface area contributed by atoms with Gasteiger partial charge in [-0.15, -0.1) is 0 Å². The van der Waals surface area contributed by atoms with Crippen molar-refractivity contribution in [1.82, 2.24) is 4.90 Å². The fourth-order valence-electron chi connectivity index (χ4n) is 2.85. The molecule has 1 amide bonds. The van der Waals surface area contributed by atoms with Crippen molar-refractivity contribution in [2.24, 2.45) is 5.92 Å². The van der Waals surface area contributed by atoms with Gasteiger partial charge in [-0.1, -0.05) is 0 Å². The van der Waals surface area contributed by atoms with E-state index >= 15 is 0 Å². The number of aliphatic hydroxyl groups excluding tert-OH is 1. The number of nitrogens with zero attached hydrogens (tertiary/aromatic N) is 1. The highest BCUT2D eigenvalue weighted by Gasteiger charge is 2.40. The van der Waals surface area contributed by atoms with E-state index in [-0.39, 0.29) is 18.2 Å². The number of aliphatic hydroxyl groups is 1. The number of ether oxygens (including phenoxy) is 1. The van der Waals surface area contributed by atoms with E-state index in [1.165, 1.54) is 0 Å². The molecule has 0 unspecified atom stereocenters. The van der Waals surface area contributed by atoms with Crippen LogP contribution in [0, 0.1) is 5.92 Å². The molecule has 0 radical (unpaired) electrons. The molecule has 1 N–H and O–H groups in total. The van der Waals surface area contributed by atoms with Gasteiger partial charge in [-0.25, -0.2) is 4.79 Å². The van der Waals surface area contributed by atoms with E-state index in [4.69, 9.17) is 4.74 Å². The van der Waals surface area contributed by atoms with Crippen LogP contribution in [-0.4, -0.2) is 40.4 Å². The highest BCUT2D eigenvalue weighted by Crippen LogP contribution is 2.35. The second-order valence-corrected chi connectivity index (χ2v) is 6.28. The monoisotopic (exact) mass is 241 g/mol. The quantitative estimate of drug-likeness (QED) is 0.707. The summed E-state index contributed by atoms with van der Waals surface area (Å²) in [6, 6.07) is -0.0302. The third-order valence-corrected chi connectivity index (χ3v) is 3.70. The minimum Gasteiger partial charge on any atom is -0.444 e. The Hall–Kier alpha value is -0.770. The molecule has 0 aromatic rings. The lowest BCUT2D eigenvalue weighted by molar-refractivity contribution is -0.0441. The van der Waals surface area contributed by atoms with Gasteiger partial charge in [0, 0.05) is 6.54 Å². The largest absolute Gasteiger partial charge is 0.444 e. The molecule has 0 aromatic heterocycles. The maximum absolute atomic E-state index is 12.1. The Balaban J connectivity index is 2.02. The number of likely N-dealkylation sites (tertiary alicyclic amines) is 1. The molecule has 98 valence electrons. The average molecular weight is 241 g/mol. The van der Waals surface area contributed by atoms with Gasteiger partial charge >= 0.3 is 6.09 Å². The third kappa shape index (κ3) is 2.92. The molecule has 3 atom stereocenters. The average Bonchev–Trinajstić information content (AvgIpc) is 2.21. The van der Waals surface area contributed by atoms with E-state index < -0.39 is 5.60 Å². The molecule has 1 saturated carbocycles. The zero-order valence-corrected chi connectivity index (χ0v) is 11.0. The van der Waals surface area contributed by atoms with Gasteiger partial charge in [0.05, 0.1) is 12.1 Å². The van der Waals surface area contributed by atoms with Crippen molar-refractivity contribution < 1.29 is 14.6 Å². The summed E-state index contributed by atoms with van der Waals surface area (Å²) in [6.07, 6.45) is 3.23. The summed E-state index contributed by atoms with van der Waals surface area (Å²) in [6.45, 7) is 6.33. The molecule has 1 saturated heterocycles. The van der Waals surface area contributed by atoms with Crippen molar-refractivity contribution in [2.45, 2.75) is 64.2 Å². The Morgan fingerprint density at radius 1 is 1.29 bits per heavy atom. The van der Waals surface area contributed by atoms with E-state index in [2.05, 4.69) is 0 Å². The lowest BCUT2D eigenvalue weighted by Crippen LogP contribution is -2.55. The van der Waals surface area contributed by atoms with Gasteiger partial charge in [0.1, 0.15) is 5.60 Å². The molecule has 4 heteroatoms. The first kappa shape index (κ1) is 12.7. The summed E-state index contributed by atoms with van der Waals surface area (Å²) >= 11 is 0. The van der Waals surface area contributed by atoms with E-state index in [0.717, 1.165) is 32.2 Å². The highest BCUT2D eigenvalue weighted by atomic mass is 16.6. The summed E-state index contributed by atoms with van der Waals surface area (Å²) < 4.78 is 5.39. The van der Waals surface area contributed by atoms with Crippen LogP contribution in [0.3, 0.4) is 0 Å². The van der Waals surface area contributed by atoms with Crippen LogP contribution in [-0.2, 0) is 4.74 Å². The maximum Gasteiger partial charge on any atom is 0.410 e. The first-order valence-corrected chi connectivity index (χ1v) is 6.54. The maximum atomic E-state index is 12.1. The molecular formula is C13H23NO3. The van der Waals surface area contributed by atoms with Crippen molar-refractivity contribution in [3.05, 3.63) is 0 Å². The lowest BCUT2D eigenvalue weighted by Gasteiger charge is -2.45. The predicted octanol–water partition coefficient (Wildman–Crippen LogP) is 2.16. The number of hydrogen-bond acceptors (Lipinski definition) is 3. The van der Waals surface area contributed by atoms with Crippen molar-refractivity contribution in [2.75, 3.05) is 6.54 Å². The van der Waals surface area contributed by atoms with Crippen LogP contribution in [0.25, 0.3) is 0 Å². The first-order valence-electron chi connectivity index (χ1n) is 6.54. The molecule has 17 heavy (non-hydrogen) atoms. The Labute approximate surface area is 103 Å². The van der Waals surface area contributed by atoms with Gasteiger partial charge in [-0.3, -0.25) is 0 Å². The van der Waals surface area contributed by atoms with Gasteiger partial charge in [-0.05, 0) is 52.4 Å². The van der Waals surface area contributed by atoms with Crippen molar-refractivity contribution in [3.8, 4) is 0 Å². The molecule has 2 bridgehead atoms. The molecule has 1 aliphatic carbocycles. The molecule has 0 spiro atoms. The number of hydrogen-bond donors (Lipinski definition) is 1. The van der Waals surface area contributed by atoms with Gasteiger partial charge < -0.3 is 14.7 Å². The van der Waals surface area contributed by atoms with Crippen LogP contribution in [0.5, 0.6) is 0 Å². The summed E-state index contributed by atoms with van der Waals surface area (Å²) in [5, 5.41) is 9.99. The summed E-state index contributed by atoms with van der Waals surface area (Å²) in [5.41, 5.74) is -0.465. The standard InChI is InChI=1S/C13H23NO3/c1-13(2,3)17-12(16)14-7-6-9-4-5-11(15)10(14)8-9/h9-11,15H,4-8H2,1-3H3/t9-,10-,11-/m1/s1. The highest BCUT2D eigenvalue weighted by molar-refractivity contribution is 5.68. The third-order valence-electron chi connectivity index (χ3n) is 3.70. The zero-order chi connectivity index (χ0) is 12.6. The molecule has 1 heterocycles. The van der Waals surface area contributed by atoms with Crippen molar-refractivity contribution in [1.29, 1.82) is 0 Å². The summed E-state index contributed by atoms with van der Waals surface area (Å²) in [5.74, 6) is 0.682. The van der Waals surface area contributed by atoms with Crippen molar-refractivity contribution >= 4 is 6.09 Å².